The lowest BCUT2D eigenvalue weighted by Crippen LogP contribution is -2.23. The second kappa shape index (κ2) is 8.73. The van der Waals surface area contributed by atoms with E-state index in [9.17, 15) is 14.0 Å². The van der Waals surface area contributed by atoms with Gasteiger partial charge in [0.25, 0.3) is 5.56 Å². The summed E-state index contributed by atoms with van der Waals surface area (Å²) in [5.74, 6) is -0.593. The molecule has 0 atom stereocenters. The van der Waals surface area contributed by atoms with Crippen LogP contribution >= 0.6 is 11.8 Å². The monoisotopic (exact) mass is 433 g/mol. The maximum Gasteiger partial charge on any atom is 0.266 e. The van der Waals surface area contributed by atoms with Gasteiger partial charge in [-0.25, -0.2) is 9.37 Å². The van der Waals surface area contributed by atoms with Crippen LogP contribution < -0.4 is 10.9 Å². The van der Waals surface area contributed by atoms with Gasteiger partial charge >= 0.3 is 0 Å². The van der Waals surface area contributed by atoms with Gasteiger partial charge in [-0.2, -0.15) is 0 Å². The molecule has 0 aliphatic heterocycles. The van der Waals surface area contributed by atoms with E-state index in [4.69, 9.17) is 0 Å². The number of aromatic nitrogens is 2. The van der Waals surface area contributed by atoms with Crippen LogP contribution in [-0.2, 0) is 4.79 Å². The summed E-state index contributed by atoms with van der Waals surface area (Å²) < 4.78 is 14.6. The summed E-state index contributed by atoms with van der Waals surface area (Å²) in [7, 11) is 0. The number of anilines is 1. The Morgan fingerprint density at radius 1 is 1.06 bits per heavy atom. The van der Waals surface area contributed by atoms with E-state index in [1.165, 1.54) is 36.0 Å². The first-order valence-electron chi connectivity index (χ1n) is 9.70. The number of carbonyl (C=O) groups excluding carboxylic acids is 1. The summed E-state index contributed by atoms with van der Waals surface area (Å²) in [6.07, 6.45) is 0. The Morgan fingerprint density at radius 2 is 1.81 bits per heavy atom. The van der Waals surface area contributed by atoms with Crippen LogP contribution in [0.3, 0.4) is 0 Å². The molecule has 1 amide bonds. The minimum Gasteiger partial charge on any atom is -0.325 e. The maximum absolute atomic E-state index is 13.4. The van der Waals surface area contributed by atoms with Gasteiger partial charge in [0, 0.05) is 5.69 Å². The van der Waals surface area contributed by atoms with Gasteiger partial charge in [0.15, 0.2) is 5.16 Å². The molecule has 1 N–H and O–H groups in total. The normalized spacial score (nSPS) is 10.9. The van der Waals surface area contributed by atoms with E-state index >= 15 is 0 Å². The number of nitrogens with one attached hydrogen (secondary N) is 1. The third-order valence-electron chi connectivity index (χ3n) is 4.81. The number of nitrogens with zero attached hydrogens (tertiary/aromatic N) is 2. The Hall–Kier alpha value is -3.45. The first-order chi connectivity index (χ1) is 14.9. The van der Waals surface area contributed by atoms with Crippen molar-refractivity contribution in [3.05, 3.63) is 94.0 Å². The first-order valence-corrected chi connectivity index (χ1v) is 10.7. The predicted octanol–water partition coefficient (Wildman–Crippen LogP) is 4.87. The molecule has 0 spiro atoms. The van der Waals surface area contributed by atoms with Crippen molar-refractivity contribution in [3.63, 3.8) is 0 Å². The number of thioether (sulfide) groups is 1. The average Bonchev–Trinajstić information content (AvgIpc) is 2.76. The Labute approximate surface area is 182 Å². The molecule has 4 rings (SSSR count). The van der Waals surface area contributed by atoms with E-state index < -0.39 is 0 Å². The van der Waals surface area contributed by atoms with Crippen molar-refractivity contribution in [2.45, 2.75) is 19.0 Å². The zero-order chi connectivity index (χ0) is 22.0. The zero-order valence-corrected chi connectivity index (χ0v) is 17.9. The highest BCUT2D eigenvalue weighted by atomic mass is 32.2. The van der Waals surface area contributed by atoms with E-state index in [2.05, 4.69) is 10.3 Å². The number of rotatable bonds is 5. The SMILES string of the molecule is Cc1ccc(C)c(-n2c(SCC(=O)Nc3ccc(F)cc3)nc3ccccc3c2=O)c1. The number of amides is 1. The van der Waals surface area contributed by atoms with Crippen molar-refractivity contribution < 1.29 is 9.18 Å². The van der Waals surface area contributed by atoms with E-state index in [-0.39, 0.29) is 23.0 Å². The second-order valence-corrected chi connectivity index (χ2v) is 8.13. The molecule has 0 saturated heterocycles. The molecule has 1 aromatic heterocycles. The minimum atomic E-state index is -0.370. The maximum atomic E-state index is 13.4. The molecule has 31 heavy (non-hydrogen) atoms. The third-order valence-corrected chi connectivity index (χ3v) is 5.75. The highest BCUT2D eigenvalue weighted by Gasteiger charge is 2.16. The standard InChI is InChI=1S/C24H20FN3O2S/c1-15-7-8-16(2)21(13-15)28-23(30)19-5-3-4-6-20(19)27-24(28)31-14-22(29)26-18-11-9-17(25)10-12-18/h3-13H,14H2,1-2H3,(H,26,29). The Balaban J connectivity index is 1.70. The molecule has 0 unspecified atom stereocenters. The molecule has 7 heteroatoms. The van der Waals surface area contributed by atoms with Crippen LogP contribution in [0, 0.1) is 19.7 Å². The number of carbonyl (C=O) groups is 1. The summed E-state index contributed by atoms with van der Waals surface area (Å²) in [6, 6.07) is 18.6. The first kappa shape index (κ1) is 20.8. The lowest BCUT2D eigenvalue weighted by Gasteiger charge is -2.15. The van der Waals surface area contributed by atoms with Gasteiger partial charge in [-0.05, 0) is 67.4 Å². The quantitative estimate of drug-likeness (QED) is 0.360. The number of hydrogen-bond acceptors (Lipinski definition) is 4. The van der Waals surface area contributed by atoms with E-state index in [0.717, 1.165) is 16.8 Å². The van der Waals surface area contributed by atoms with E-state index in [1.807, 2.05) is 44.2 Å². The summed E-state index contributed by atoms with van der Waals surface area (Å²) in [5.41, 5.74) is 3.60. The summed E-state index contributed by atoms with van der Waals surface area (Å²) in [5, 5.41) is 3.68. The van der Waals surface area contributed by atoms with Gasteiger partial charge in [0.1, 0.15) is 5.82 Å². The summed E-state index contributed by atoms with van der Waals surface area (Å²) >= 11 is 1.18. The van der Waals surface area contributed by atoms with Gasteiger partial charge in [0.2, 0.25) is 5.91 Å². The summed E-state index contributed by atoms with van der Waals surface area (Å²) in [4.78, 5) is 30.5. The Kier molecular flexibility index (Phi) is 5.86. The van der Waals surface area contributed by atoms with Gasteiger partial charge in [-0.15, -0.1) is 0 Å². The van der Waals surface area contributed by atoms with Gasteiger partial charge in [-0.1, -0.05) is 36.0 Å². The van der Waals surface area contributed by atoms with Crippen molar-refractivity contribution >= 4 is 34.3 Å². The zero-order valence-electron chi connectivity index (χ0n) is 17.1. The number of halogens is 1. The molecule has 5 nitrogen and oxygen atoms in total. The van der Waals surface area contributed by atoms with Crippen LogP contribution in [0.4, 0.5) is 10.1 Å². The van der Waals surface area contributed by atoms with Gasteiger partial charge in [-0.3, -0.25) is 14.2 Å². The molecule has 156 valence electrons. The van der Waals surface area contributed by atoms with Crippen LogP contribution in [0.25, 0.3) is 16.6 Å². The van der Waals surface area contributed by atoms with E-state index in [1.54, 1.807) is 16.7 Å². The predicted molar refractivity (Wildman–Crippen MR) is 123 cm³/mol. The van der Waals surface area contributed by atoms with Crippen LogP contribution in [0.5, 0.6) is 0 Å². The number of para-hydroxylation sites is 1. The average molecular weight is 434 g/mol. The van der Waals surface area contributed by atoms with Crippen LogP contribution in [0.1, 0.15) is 11.1 Å². The molecule has 0 bridgehead atoms. The molecule has 0 radical (unpaired) electrons. The van der Waals surface area contributed by atoms with Gasteiger partial charge < -0.3 is 5.32 Å². The highest BCUT2D eigenvalue weighted by Crippen LogP contribution is 2.24. The fourth-order valence-electron chi connectivity index (χ4n) is 3.24. The Bertz CT molecular complexity index is 1330. The molecular weight excluding hydrogens is 413 g/mol. The van der Waals surface area contributed by atoms with Crippen molar-refractivity contribution in [1.82, 2.24) is 9.55 Å². The molecule has 0 aliphatic carbocycles. The molecule has 1 heterocycles. The van der Waals surface area contributed by atoms with Crippen molar-refractivity contribution in [3.8, 4) is 5.69 Å². The number of fused-ring (bicyclic) bond motifs is 1. The molecule has 0 saturated carbocycles. The fraction of sp³-hybridized carbons (Fsp3) is 0.125. The lowest BCUT2D eigenvalue weighted by atomic mass is 10.1. The molecule has 3 aromatic carbocycles. The third kappa shape index (κ3) is 4.51. The molecule has 0 aliphatic rings. The smallest absolute Gasteiger partial charge is 0.266 e. The largest absolute Gasteiger partial charge is 0.325 e. The number of aryl methyl sites for hydroxylation is 2. The second-order valence-electron chi connectivity index (χ2n) is 7.19. The lowest BCUT2D eigenvalue weighted by molar-refractivity contribution is -0.113. The van der Waals surface area contributed by atoms with Crippen molar-refractivity contribution in [2.75, 3.05) is 11.1 Å². The highest BCUT2D eigenvalue weighted by molar-refractivity contribution is 7.99. The van der Waals surface area contributed by atoms with E-state index in [0.29, 0.717) is 21.7 Å². The molecular formula is C24H20FN3O2S. The Morgan fingerprint density at radius 3 is 2.58 bits per heavy atom. The number of benzene rings is 3. The molecule has 0 fully saturated rings. The van der Waals surface area contributed by atoms with Crippen LogP contribution in [0.2, 0.25) is 0 Å². The van der Waals surface area contributed by atoms with Crippen molar-refractivity contribution in [2.24, 2.45) is 0 Å². The topological polar surface area (TPSA) is 64.0 Å². The fourth-order valence-corrected chi connectivity index (χ4v) is 4.05. The van der Waals surface area contributed by atoms with Gasteiger partial charge in [0.05, 0.1) is 22.3 Å². The van der Waals surface area contributed by atoms with Crippen molar-refractivity contribution in [1.29, 1.82) is 0 Å². The summed E-state index contributed by atoms with van der Waals surface area (Å²) in [6.45, 7) is 3.90. The number of hydrogen-bond donors (Lipinski definition) is 1. The molecule has 4 aromatic rings. The minimum absolute atomic E-state index is 0.0486. The van der Waals surface area contributed by atoms with Crippen LogP contribution in [-0.4, -0.2) is 21.2 Å². The van der Waals surface area contributed by atoms with Crippen LogP contribution in [0.15, 0.2) is 76.7 Å².